The lowest BCUT2D eigenvalue weighted by atomic mass is 9.96. The number of carboxylic acid groups (broad SMARTS) is 1. The van der Waals surface area contributed by atoms with Gasteiger partial charge in [-0.2, -0.15) is 11.8 Å². The van der Waals surface area contributed by atoms with E-state index in [-0.39, 0.29) is 0 Å². The molecule has 0 bridgehead atoms. The molecule has 0 aromatic heterocycles. The minimum Gasteiger partial charge on any atom is -0.490 e. The number of benzene rings is 1. The van der Waals surface area contributed by atoms with Gasteiger partial charge in [0.15, 0.2) is 0 Å². The first kappa shape index (κ1) is 12.9. The standard InChI is InChI=1S/C15H18O3S/c16-14(17)15(7-8-15)11-3-5-12(6-4-11)18-13-2-1-9-19-10-13/h3-6,13H,1-2,7-10H2,(H,16,17). The highest BCUT2D eigenvalue weighted by Gasteiger charge is 2.51. The molecule has 2 aliphatic rings. The van der Waals surface area contributed by atoms with Gasteiger partial charge in [-0.3, -0.25) is 4.79 Å². The quantitative estimate of drug-likeness (QED) is 0.919. The van der Waals surface area contributed by atoms with Crippen LogP contribution in [0.3, 0.4) is 0 Å². The summed E-state index contributed by atoms with van der Waals surface area (Å²) in [5, 5.41) is 9.25. The molecule has 4 heteroatoms. The number of rotatable bonds is 4. The lowest BCUT2D eigenvalue weighted by molar-refractivity contribution is -0.140. The van der Waals surface area contributed by atoms with Gasteiger partial charge in [0.1, 0.15) is 11.9 Å². The Morgan fingerprint density at radius 2 is 2.05 bits per heavy atom. The highest BCUT2D eigenvalue weighted by Crippen LogP contribution is 2.48. The normalized spacial score (nSPS) is 24.7. The van der Waals surface area contributed by atoms with Crippen molar-refractivity contribution in [2.45, 2.75) is 37.2 Å². The lowest BCUT2D eigenvalue weighted by Crippen LogP contribution is -2.23. The van der Waals surface area contributed by atoms with E-state index in [0.717, 1.165) is 36.3 Å². The van der Waals surface area contributed by atoms with Crippen LogP contribution in [0, 0.1) is 0 Å². The fourth-order valence-electron chi connectivity index (χ4n) is 2.60. The van der Waals surface area contributed by atoms with Crippen LogP contribution in [0.2, 0.25) is 0 Å². The summed E-state index contributed by atoms with van der Waals surface area (Å²) in [6, 6.07) is 7.65. The van der Waals surface area contributed by atoms with E-state index in [0.29, 0.717) is 6.10 Å². The van der Waals surface area contributed by atoms with Gasteiger partial charge in [0.05, 0.1) is 5.41 Å². The third-order valence-electron chi connectivity index (χ3n) is 3.99. The van der Waals surface area contributed by atoms with Gasteiger partial charge in [-0.15, -0.1) is 0 Å². The number of thioether (sulfide) groups is 1. The molecule has 1 aliphatic carbocycles. The summed E-state index contributed by atoms with van der Waals surface area (Å²) in [5.74, 6) is 2.45. The number of ether oxygens (including phenoxy) is 1. The van der Waals surface area contributed by atoms with Crippen LogP contribution < -0.4 is 4.74 Å². The van der Waals surface area contributed by atoms with E-state index in [2.05, 4.69) is 0 Å². The van der Waals surface area contributed by atoms with Crippen LogP contribution in [0.4, 0.5) is 0 Å². The summed E-state index contributed by atoms with van der Waals surface area (Å²) in [5.41, 5.74) is 0.296. The van der Waals surface area contributed by atoms with Gasteiger partial charge >= 0.3 is 5.97 Å². The number of hydrogen-bond acceptors (Lipinski definition) is 3. The van der Waals surface area contributed by atoms with Crippen LogP contribution in [0.1, 0.15) is 31.2 Å². The van der Waals surface area contributed by atoms with Crippen molar-refractivity contribution in [3.05, 3.63) is 29.8 Å². The topological polar surface area (TPSA) is 46.5 Å². The van der Waals surface area contributed by atoms with Gasteiger partial charge in [-0.25, -0.2) is 0 Å². The Hall–Kier alpha value is -1.16. The van der Waals surface area contributed by atoms with Crippen LogP contribution >= 0.6 is 11.8 Å². The molecule has 0 radical (unpaired) electrons. The van der Waals surface area contributed by atoms with Gasteiger partial charge in [0, 0.05) is 5.75 Å². The molecule has 1 N–H and O–H groups in total. The number of hydrogen-bond donors (Lipinski definition) is 1. The molecule has 102 valence electrons. The van der Waals surface area contributed by atoms with Crippen LogP contribution in [0.15, 0.2) is 24.3 Å². The van der Waals surface area contributed by atoms with Gasteiger partial charge in [0.2, 0.25) is 0 Å². The molecule has 1 heterocycles. The predicted octanol–water partition coefficient (Wildman–Crippen LogP) is 3.08. The summed E-state index contributed by atoms with van der Waals surface area (Å²) in [6.07, 6.45) is 4.14. The van der Waals surface area contributed by atoms with Crippen molar-refractivity contribution >= 4 is 17.7 Å². The van der Waals surface area contributed by atoms with Crippen molar-refractivity contribution < 1.29 is 14.6 Å². The molecular weight excluding hydrogens is 260 g/mol. The molecular formula is C15H18O3S. The summed E-state index contributed by atoms with van der Waals surface area (Å²) in [6.45, 7) is 0. The lowest BCUT2D eigenvalue weighted by Gasteiger charge is -2.23. The second-order valence-corrected chi connectivity index (χ2v) is 6.52. The summed E-state index contributed by atoms with van der Waals surface area (Å²) >= 11 is 1.94. The number of carbonyl (C=O) groups is 1. The second-order valence-electron chi connectivity index (χ2n) is 5.37. The molecule has 1 aromatic carbocycles. The van der Waals surface area contributed by atoms with Crippen molar-refractivity contribution in [2.75, 3.05) is 11.5 Å². The Morgan fingerprint density at radius 1 is 1.32 bits per heavy atom. The Morgan fingerprint density at radius 3 is 2.58 bits per heavy atom. The molecule has 3 rings (SSSR count). The van der Waals surface area contributed by atoms with E-state index in [1.54, 1.807) is 0 Å². The zero-order valence-corrected chi connectivity index (χ0v) is 11.6. The summed E-state index contributed by atoms with van der Waals surface area (Å²) < 4.78 is 5.94. The SMILES string of the molecule is O=C(O)C1(c2ccc(OC3CCCSC3)cc2)CC1. The van der Waals surface area contributed by atoms with Gasteiger partial charge in [-0.05, 0) is 49.1 Å². The molecule has 3 nitrogen and oxygen atoms in total. The van der Waals surface area contributed by atoms with Crippen LogP contribution in [0.5, 0.6) is 5.75 Å². The maximum absolute atomic E-state index is 11.3. The maximum Gasteiger partial charge on any atom is 0.314 e. The number of carboxylic acids is 1. The van der Waals surface area contributed by atoms with E-state index in [1.165, 1.54) is 12.2 Å². The molecule has 19 heavy (non-hydrogen) atoms. The maximum atomic E-state index is 11.3. The first-order valence-electron chi connectivity index (χ1n) is 6.79. The molecule has 2 fully saturated rings. The first-order valence-corrected chi connectivity index (χ1v) is 7.94. The van der Waals surface area contributed by atoms with Gasteiger partial charge in [0.25, 0.3) is 0 Å². The Bertz CT molecular complexity index is 459. The predicted molar refractivity (Wildman–Crippen MR) is 76.0 cm³/mol. The highest BCUT2D eigenvalue weighted by molar-refractivity contribution is 7.99. The van der Waals surface area contributed by atoms with Crippen molar-refractivity contribution in [1.82, 2.24) is 0 Å². The van der Waals surface area contributed by atoms with E-state index >= 15 is 0 Å². The largest absolute Gasteiger partial charge is 0.490 e. The van der Waals surface area contributed by atoms with Crippen LogP contribution in [-0.4, -0.2) is 28.7 Å². The average Bonchev–Trinajstić information content (AvgIpc) is 3.22. The van der Waals surface area contributed by atoms with Gasteiger partial charge < -0.3 is 9.84 Å². The zero-order valence-electron chi connectivity index (χ0n) is 10.8. The van der Waals surface area contributed by atoms with Crippen molar-refractivity contribution in [2.24, 2.45) is 0 Å². The molecule has 1 atom stereocenters. The molecule has 1 aliphatic heterocycles. The fraction of sp³-hybridized carbons (Fsp3) is 0.533. The second kappa shape index (κ2) is 5.08. The Labute approximate surface area is 117 Å². The van der Waals surface area contributed by atoms with E-state index in [4.69, 9.17) is 4.74 Å². The third kappa shape index (κ3) is 2.59. The van der Waals surface area contributed by atoms with E-state index in [9.17, 15) is 9.90 Å². The van der Waals surface area contributed by atoms with E-state index in [1.807, 2.05) is 36.0 Å². The molecule has 1 aromatic rings. The monoisotopic (exact) mass is 278 g/mol. The molecule has 1 saturated carbocycles. The van der Waals surface area contributed by atoms with Crippen molar-refractivity contribution in [3.8, 4) is 5.75 Å². The smallest absolute Gasteiger partial charge is 0.314 e. The summed E-state index contributed by atoms with van der Waals surface area (Å²) in [7, 11) is 0. The highest BCUT2D eigenvalue weighted by atomic mass is 32.2. The molecule has 1 saturated heterocycles. The average molecular weight is 278 g/mol. The minimum atomic E-state index is -0.704. The number of aliphatic carboxylic acids is 1. The molecule has 0 spiro atoms. The molecule has 0 amide bonds. The first-order chi connectivity index (χ1) is 9.21. The Kier molecular flexibility index (Phi) is 3.44. The molecule has 1 unspecified atom stereocenters. The minimum absolute atomic E-state index is 0.305. The summed E-state index contributed by atoms with van der Waals surface area (Å²) in [4.78, 5) is 11.3. The third-order valence-corrected chi connectivity index (χ3v) is 5.17. The van der Waals surface area contributed by atoms with E-state index < -0.39 is 11.4 Å². The zero-order chi connectivity index (χ0) is 13.3. The van der Waals surface area contributed by atoms with Crippen LogP contribution in [-0.2, 0) is 10.2 Å². The fourth-order valence-corrected chi connectivity index (χ4v) is 3.64. The Balaban J connectivity index is 1.67. The van der Waals surface area contributed by atoms with Crippen LogP contribution in [0.25, 0.3) is 0 Å². The van der Waals surface area contributed by atoms with Crippen molar-refractivity contribution in [1.29, 1.82) is 0 Å². The van der Waals surface area contributed by atoms with Gasteiger partial charge in [-0.1, -0.05) is 12.1 Å². The van der Waals surface area contributed by atoms with Crippen molar-refractivity contribution in [3.63, 3.8) is 0 Å².